The molecule has 0 aromatic heterocycles. The van der Waals surface area contributed by atoms with E-state index in [1.54, 1.807) is 0 Å². The highest BCUT2D eigenvalue weighted by atomic mass is 15.4. The SMILES string of the molecule is CCCCCCCCCCCCCCCCCC[N+]1(CC)[C@H](C)CC[C@@H]1C. The van der Waals surface area contributed by atoms with Crippen molar-refractivity contribution in [3.8, 4) is 0 Å². The van der Waals surface area contributed by atoms with Crippen LogP contribution in [0.5, 0.6) is 0 Å². The van der Waals surface area contributed by atoms with Crippen LogP contribution in [0.2, 0.25) is 0 Å². The minimum Gasteiger partial charge on any atom is -0.319 e. The largest absolute Gasteiger partial charge is 0.319 e. The lowest BCUT2D eigenvalue weighted by atomic mass is 10.0. The average Bonchev–Trinajstić information content (AvgIpc) is 2.96. The van der Waals surface area contributed by atoms with E-state index in [4.69, 9.17) is 0 Å². The van der Waals surface area contributed by atoms with Crippen LogP contribution in [0.3, 0.4) is 0 Å². The zero-order valence-corrected chi connectivity index (χ0v) is 19.7. The van der Waals surface area contributed by atoms with Gasteiger partial charge in [0.05, 0.1) is 25.2 Å². The molecule has 27 heavy (non-hydrogen) atoms. The van der Waals surface area contributed by atoms with Gasteiger partial charge in [0.2, 0.25) is 0 Å². The molecule has 0 saturated carbocycles. The summed E-state index contributed by atoms with van der Waals surface area (Å²) in [6.07, 6.45) is 26.4. The predicted octanol–water partition coefficient (Wildman–Crippen LogP) is 8.66. The molecular weight excluding hydrogens is 326 g/mol. The van der Waals surface area contributed by atoms with E-state index in [0.717, 1.165) is 12.1 Å². The highest BCUT2D eigenvalue weighted by Crippen LogP contribution is 2.33. The zero-order valence-electron chi connectivity index (χ0n) is 19.7. The number of rotatable bonds is 18. The monoisotopic (exact) mass is 380 g/mol. The Kier molecular flexibility index (Phi) is 14.7. The summed E-state index contributed by atoms with van der Waals surface area (Å²) in [6.45, 7) is 12.5. The van der Waals surface area contributed by atoms with Crippen molar-refractivity contribution in [2.45, 2.75) is 155 Å². The molecule has 0 spiro atoms. The fourth-order valence-corrected chi connectivity index (χ4v) is 5.61. The third-order valence-corrected chi connectivity index (χ3v) is 7.77. The van der Waals surface area contributed by atoms with E-state index in [9.17, 15) is 0 Å². The summed E-state index contributed by atoms with van der Waals surface area (Å²) < 4.78 is 1.42. The molecule has 0 aliphatic carbocycles. The summed E-state index contributed by atoms with van der Waals surface area (Å²) in [5.41, 5.74) is 0. The lowest BCUT2D eigenvalue weighted by Crippen LogP contribution is -2.55. The molecule has 0 amide bonds. The van der Waals surface area contributed by atoms with Crippen LogP contribution in [-0.4, -0.2) is 29.7 Å². The molecule has 1 saturated heterocycles. The molecule has 1 nitrogen and oxygen atoms in total. The standard InChI is InChI=1S/C26H54N/c1-5-7-8-9-10-11-12-13-14-15-16-17-18-19-20-21-24-27(6-2)25(3)22-23-26(27)4/h25-26H,5-24H2,1-4H3/q+1/t25-,26+,27?. The van der Waals surface area contributed by atoms with Gasteiger partial charge in [-0.3, -0.25) is 0 Å². The van der Waals surface area contributed by atoms with Gasteiger partial charge in [-0.1, -0.05) is 96.8 Å². The molecule has 3 atom stereocenters. The van der Waals surface area contributed by atoms with E-state index in [1.165, 1.54) is 133 Å². The lowest BCUT2D eigenvalue weighted by Gasteiger charge is -2.42. The second-order valence-electron chi connectivity index (χ2n) is 9.72. The Hall–Kier alpha value is -0.0400. The molecule has 162 valence electrons. The van der Waals surface area contributed by atoms with Crippen molar-refractivity contribution < 1.29 is 4.48 Å². The molecule has 1 aliphatic heterocycles. The van der Waals surface area contributed by atoms with Crippen molar-refractivity contribution >= 4 is 0 Å². The molecule has 1 fully saturated rings. The van der Waals surface area contributed by atoms with Gasteiger partial charge in [-0.05, 0) is 33.6 Å². The Morgan fingerprint density at radius 2 is 0.852 bits per heavy atom. The van der Waals surface area contributed by atoms with Gasteiger partial charge in [0.1, 0.15) is 0 Å². The van der Waals surface area contributed by atoms with E-state index >= 15 is 0 Å². The van der Waals surface area contributed by atoms with E-state index < -0.39 is 0 Å². The number of hydrogen-bond acceptors (Lipinski definition) is 0. The summed E-state index contributed by atoms with van der Waals surface area (Å²) >= 11 is 0. The highest BCUT2D eigenvalue weighted by Gasteiger charge is 2.42. The van der Waals surface area contributed by atoms with Crippen LogP contribution in [0.25, 0.3) is 0 Å². The Balaban J connectivity index is 1.84. The van der Waals surface area contributed by atoms with Gasteiger partial charge < -0.3 is 4.48 Å². The number of likely N-dealkylation sites (tertiary alicyclic amines) is 1. The second kappa shape index (κ2) is 15.8. The van der Waals surface area contributed by atoms with Gasteiger partial charge in [-0.25, -0.2) is 0 Å². The fourth-order valence-electron chi connectivity index (χ4n) is 5.61. The predicted molar refractivity (Wildman–Crippen MR) is 123 cm³/mol. The molecule has 0 aromatic rings. The number of unbranched alkanes of at least 4 members (excludes halogenated alkanes) is 15. The molecule has 0 N–H and O–H groups in total. The molecule has 0 bridgehead atoms. The molecule has 1 heteroatoms. The maximum atomic E-state index is 2.50. The van der Waals surface area contributed by atoms with Gasteiger partial charge in [-0.15, -0.1) is 0 Å². The van der Waals surface area contributed by atoms with E-state index in [1.807, 2.05) is 0 Å². The first kappa shape index (κ1) is 25.0. The van der Waals surface area contributed by atoms with Crippen molar-refractivity contribution in [3.63, 3.8) is 0 Å². The molecule has 1 aliphatic rings. The molecule has 1 rings (SSSR count). The summed E-state index contributed by atoms with van der Waals surface area (Å²) in [5, 5.41) is 0. The molecule has 0 aromatic carbocycles. The van der Waals surface area contributed by atoms with Crippen LogP contribution < -0.4 is 0 Å². The van der Waals surface area contributed by atoms with Crippen molar-refractivity contribution in [2.24, 2.45) is 0 Å². The average molecular weight is 381 g/mol. The fraction of sp³-hybridized carbons (Fsp3) is 1.00. The number of quaternary nitrogens is 1. The van der Waals surface area contributed by atoms with Gasteiger partial charge >= 0.3 is 0 Å². The Morgan fingerprint density at radius 1 is 0.519 bits per heavy atom. The Labute approximate surface area is 173 Å². The minimum atomic E-state index is 0.904. The van der Waals surface area contributed by atoms with Crippen LogP contribution in [0, 0.1) is 0 Å². The highest BCUT2D eigenvalue weighted by molar-refractivity contribution is 4.70. The molecular formula is C26H54N+. The third kappa shape index (κ3) is 9.82. The normalized spacial score (nSPS) is 25.3. The lowest BCUT2D eigenvalue weighted by molar-refractivity contribution is -0.956. The van der Waals surface area contributed by atoms with Crippen LogP contribution in [0.1, 0.15) is 143 Å². The smallest absolute Gasteiger partial charge is 0.0866 e. The van der Waals surface area contributed by atoms with Crippen molar-refractivity contribution in [2.75, 3.05) is 13.1 Å². The minimum absolute atomic E-state index is 0.904. The van der Waals surface area contributed by atoms with Gasteiger partial charge in [0.15, 0.2) is 0 Å². The summed E-state index contributed by atoms with van der Waals surface area (Å²) in [6, 6.07) is 1.81. The van der Waals surface area contributed by atoms with Crippen LogP contribution in [0.15, 0.2) is 0 Å². The quantitative estimate of drug-likeness (QED) is 0.165. The zero-order chi connectivity index (χ0) is 19.8. The Bertz CT molecular complexity index is 314. The van der Waals surface area contributed by atoms with Crippen molar-refractivity contribution in [1.82, 2.24) is 0 Å². The van der Waals surface area contributed by atoms with Crippen LogP contribution >= 0.6 is 0 Å². The Morgan fingerprint density at radius 3 is 1.19 bits per heavy atom. The number of nitrogens with zero attached hydrogens (tertiary/aromatic N) is 1. The third-order valence-electron chi connectivity index (χ3n) is 7.77. The topological polar surface area (TPSA) is 0 Å². The van der Waals surface area contributed by atoms with E-state index in [2.05, 4.69) is 27.7 Å². The first-order chi connectivity index (χ1) is 13.2. The summed E-state index contributed by atoms with van der Waals surface area (Å²) in [5.74, 6) is 0. The maximum absolute atomic E-state index is 2.50. The van der Waals surface area contributed by atoms with E-state index in [-0.39, 0.29) is 0 Å². The van der Waals surface area contributed by atoms with Crippen molar-refractivity contribution in [1.29, 1.82) is 0 Å². The van der Waals surface area contributed by atoms with Crippen LogP contribution in [0.4, 0.5) is 0 Å². The first-order valence-corrected chi connectivity index (χ1v) is 13.0. The first-order valence-electron chi connectivity index (χ1n) is 13.0. The van der Waals surface area contributed by atoms with E-state index in [0.29, 0.717) is 0 Å². The summed E-state index contributed by atoms with van der Waals surface area (Å²) in [4.78, 5) is 0. The number of hydrogen-bond donors (Lipinski definition) is 0. The summed E-state index contributed by atoms with van der Waals surface area (Å²) in [7, 11) is 0. The molecule has 1 unspecified atom stereocenters. The van der Waals surface area contributed by atoms with Gasteiger partial charge in [0.25, 0.3) is 0 Å². The molecule has 0 radical (unpaired) electrons. The van der Waals surface area contributed by atoms with Gasteiger partial charge in [0, 0.05) is 12.8 Å². The van der Waals surface area contributed by atoms with Crippen LogP contribution in [-0.2, 0) is 0 Å². The van der Waals surface area contributed by atoms with Crippen molar-refractivity contribution in [3.05, 3.63) is 0 Å². The maximum Gasteiger partial charge on any atom is 0.0866 e. The second-order valence-corrected chi connectivity index (χ2v) is 9.72. The molecule has 1 heterocycles. The van der Waals surface area contributed by atoms with Gasteiger partial charge in [-0.2, -0.15) is 0 Å².